The molecule has 0 aromatic carbocycles. The predicted octanol–water partition coefficient (Wildman–Crippen LogP) is 2.55. The molecule has 0 aliphatic carbocycles. The van der Waals surface area contributed by atoms with Gasteiger partial charge in [0.25, 0.3) is 0 Å². The highest BCUT2D eigenvalue weighted by Crippen LogP contribution is 2.07. The van der Waals surface area contributed by atoms with Gasteiger partial charge in [-0.05, 0) is 20.4 Å². The van der Waals surface area contributed by atoms with E-state index in [2.05, 4.69) is 30.7 Å². The molecular formula is C10H22O2Si2. The summed E-state index contributed by atoms with van der Waals surface area (Å²) in [5.74, 6) is 0. The van der Waals surface area contributed by atoms with Crippen molar-refractivity contribution in [3.63, 3.8) is 0 Å². The van der Waals surface area contributed by atoms with Crippen LogP contribution in [0.15, 0.2) is 0 Å². The number of hydrogen-bond donors (Lipinski definition) is 0. The van der Waals surface area contributed by atoms with Crippen LogP contribution in [0.25, 0.3) is 0 Å². The minimum Gasteiger partial charge on any atom is -0.386 e. The number of rotatable bonds is 4. The zero-order chi connectivity index (χ0) is 11.2. The molecule has 0 spiro atoms. The van der Waals surface area contributed by atoms with Gasteiger partial charge in [0.05, 0.1) is 0 Å². The predicted molar refractivity (Wildman–Crippen MR) is 66.0 cm³/mol. The molecule has 0 radical (unpaired) electrons. The molecule has 2 nitrogen and oxygen atoms in total. The Morgan fingerprint density at radius 3 is 1.57 bits per heavy atom. The lowest BCUT2D eigenvalue weighted by atomic mass is 10.9. The normalized spacial score (nSPS) is 12.1. The molecule has 14 heavy (non-hydrogen) atoms. The van der Waals surface area contributed by atoms with E-state index in [-0.39, 0.29) is 0 Å². The first kappa shape index (κ1) is 13.9. The number of hydrogen-bond acceptors (Lipinski definition) is 2. The Kier molecular flexibility index (Phi) is 5.68. The van der Waals surface area contributed by atoms with Crippen LogP contribution in [0.5, 0.6) is 0 Å². The molecule has 0 aromatic rings. The van der Waals surface area contributed by atoms with Crippen molar-refractivity contribution in [2.45, 2.75) is 40.0 Å². The fourth-order valence-electron chi connectivity index (χ4n) is 0.966. The van der Waals surface area contributed by atoms with Crippen molar-refractivity contribution in [1.82, 2.24) is 0 Å². The summed E-state index contributed by atoms with van der Waals surface area (Å²) in [7, 11) is -3.50. The molecule has 0 rings (SSSR count). The first-order chi connectivity index (χ1) is 6.33. The summed E-state index contributed by atoms with van der Waals surface area (Å²) in [5, 5.41) is 0. The van der Waals surface area contributed by atoms with E-state index in [1.807, 2.05) is 20.4 Å². The zero-order valence-electron chi connectivity index (χ0n) is 10.2. The molecule has 0 atom stereocenters. The molecule has 0 amide bonds. The van der Waals surface area contributed by atoms with E-state index in [1.165, 1.54) is 0 Å². The zero-order valence-corrected chi connectivity index (χ0v) is 12.2. The standard InChI is InChI=1S/C10H22O2Si2/c1-7-11-14(6,12-8-2)10-9-13(3,4)5/h7-8H2,1-6H3. The van der Waals surface area contributed by atoms with Crippen molar-refractivity contribution >= 4 is 16.6 Å². The van der Waals surface area contributed by atoms with Crippen LogP contribution in [0, 0.1) is 11.1 Å². The van der Waals surface area contributed by atoms with Crippen LogP contribution in [0.1, 0.15) is 13.8 Å². The van der Waals surface area contributed by atoms with E-state index in [1.54, 1.807) is 0 Å². The average Bonchev–Trinajstić information content (AvgIpc) is 2.01. The summed E-state index contributed by atoms with van der Waals surface area (Å²) in [5.41, 5.74) is 6.58. The molecule has 0 aromatic heterocycles. The second-order valence-corrected chi connectivity index (χ2v) is 11.8. The maximum absolute atomic E-state index is 5.63. The summed E-state index contributed by atoms with van der Waals surface area (Å²) < 4.78 is 11.3. The van der Waals surface area contributed by atoms with Crippen molar-refractivity contribution in [2.24, 2.45) is 0 Å². The average molecular weight is 230 g/mol. The fourth-order valence-corrected chi connectivity index (χ4v) is 4.70. The van der Waals surface area contributed by atoms with E-state index in [9.17, 15) is 0 Å². The monoisotopic (exact) mass is 230 g/mol. The third-order valence-corrected chi connectivity index (χ3v) is 4.89. The van der Waals surface area contributed by atoms with E-state index >= 15 is 0 Å². The first-order valence-corrected chi connectivity index (χ1v) is 11.0. The lowest BCUT2D eigenvalue weighted by Gasteiger charge is -2.20. The summed E-state index contributed by atoms with van der Waals surface area (Å²) in [4.78, 5) is 0. The lowest BCUT2D eigenvalue weighted by Crippen LogP contribution is -2.38. The highest BCUT2D eigenvalue weighted by Gasteiger charge is 2.29. The molecule has 0 saturated heterocycles. The van der Waals surface area contributed by atoms with E-state index in [0.717, 1.165) is 0 Å². The van der Waals surface area contributed by atoms with Crippen LogP contribution >= 0.6 is 0 Å². The van der Waals surface area contributed by atoms with Gasteiger partial charge in [0.2, 0.25) is 0 Å². The second-order valence-electron chi connectivity index (χ2n) is 4.31. The molecule has 0 fully saturated rings. The molecule has 0 saturated carbocycles. The Balaban J connectivity index is 4.55. The van der Waals surface area contributed by atoms with Gasteiger partial charge < -0.3 is 8.85 Å². The summed E-state index contributed by atoms with van der Waals surface area (Å²) in [6.45, 7) is 14.0. The van der Waals surface area contributed by atoms with Gasteiger partial charge in [-0.3, -0.25) is 0 Å². The van der Waals surface area contributed by atoms with Gasteiger partial charge >= 0.3 is 8.56 Å². The van der Waals surface area contributed by atoms with Gasteiger partial charge in [-0.1, -0.05) is 25.2 Å². The maximum atomic E-state index is 5.63. The van der Waals surface area contributed by atoms with Crippen LogP contribution in [0.2, 0.25) is 26.2 Å². The largest absolute Gasteiger partial charge is 0.420 e. The van der Waals surface area contributed by atoms with Crippen LogP contribution in [-0.2, 0) is 8.85 Å². The van der Waals surface area contributed by atoms with E-state index in [0.29, 0.717) is 13.2 Å². The summed E-state index contributed by atoms with van der Waals surface area (Å²) in [6, 6.07) is 0. The van der Waals surface area contributed by atoms with Gasteiger partial charge in [-0.2, -0.15) is 0 Å². The van der Waals surface area contributed by atoms with Gasteiger partial charge in [0.15, 0.2) is 0 Å². The maximum Gasteiger partial charge on any atom is 0.420 e. The Bertz CT molecular complexity index is 217. The summed E-state index contributed by atoms with van der Waals surface area (Å²) >= 11 is 0. The van der Waals surface area contributed by atoms with Gasteiger partial charge in [-0.25, -0.2) is 0 Å². The van der Waals surface area contributed by atoms with Gasteiger partial charge in [0.1, 0.15) is 8.07 Å². The molecule has 0 aliphatic heterocycles. The van der Waals surface area contributed by atoms with Gasteiger partial charge in [0, 0.05) is 13.2 Å². The molecule has 0 aliphatic rings. The molecule has 4 heteroatoms. The highest BCUT2D eigenvalue weighted by atomic mass is 28.4. The minimum absolute atomic E-state index is 0.684. The molecule has 0 N–H and O–H groups in total. The van der Waals surface area contributed by atoms with Crippen molar-refractivity contribution in [3.05, 3.63) is 0 Å². The topological polar surface area (TPSA) is 18.5 Å². The Morgan fingerprint density at radius 1 is 0.857 bits per heavy atom. The van der Waals surface area contributed by atoms with E-state index in [4.69, 9.17) is 8.85 Å². The van der Waals surface area contributed by atoms with E-state index < -0.39 is 16.6 Å². The van der Waals surface area contributed by atoms with Crippen molar-refractivity contribution in [3.8, 4) is 11.1 Å². The summed E-state index contributed by atoms with van der Waals surface area (Å²) in [6.07, 6.45) is 0. The highest BCUT2D eigenvalue weighted by molar-refractivity contribution is 6.86. The third kappa shape index (κ3) is 6.38. The Labute approximate surface area is 90.3 Å². The Morgan fingerprint density at radius 2 is 1.29 bits per heavy atom. The second kappa shape index (κ2) is 5.71. The molecule has 0 heterocycles. The van der Waals surface area contributed by atoms with Crippen molar-refractivity contribution in [1.29, 1.82) is 0 Å². The van der Waals surface area contributed by atoms with Crippen molar-refractivity contribution in [2.75, 3.05) is 13.2 Å². The third-order valence-electron chi connectivity index (χ3n) is 1.50. The lowest BCUT2D eigenvalue weighted by molar-refractivity contribution is 0.203. The SMILES string of the molecule is CCO[Si](C)(C#C[Si](C)(C)C)OCC. The van der Waals surface area contributed by atoms with Crippen LogP contribution in [0.3, 0.4) is 0 Å². The molecule has 0 unspecified atom stereocenters. The van der Waals surface area contributed by atoms with Gasteiger partial charge in [-0.15, -0.1) is 5.54 Å². The Hall–Kier alpha value is -0.0862. The van der Waals surface area contributed by atoms with Crippen LogP contribution in [-0.4, -0.2) is 29.8 Å². The smallest absolute Gasteiger partial charge is 0.386 e. The van der Waals surface area contributed by atoms with Crippen molar-refractivity contribution < 1.29 is 8.85 Å². The molecular weight excluding hydrogens is 208 g/mol. The van der Waals surface area contributed by atoms with Crippen LogP contribution in [0.4, 0.5) is 0 Å². The first-order valence-electron chi connectivity index (χ1n) is 5.15. The molecule has 0 bridgehead atoms. The quantitative estimate of drug-likeness (QED) is 0.546. The fraction of sp³-hybridized carbons (Fsp3) is 0.800. The van der Waals surface area contributed by atoms with Crippen LogP contribution < -0.4 is 0 Å². The molecule has 82 valence electrons. The minimum atomic E-state index is -2.19.